The molecule has 0 spiro atoms. The van der Waals surface area contributed by atoms with Gasteiger partial charge >= 0.3 is 0 Å². The van der Waals surface area contributed by atoms with Gasteiger partial charge in [0.15, 0.2) is 0 Å². The molecule has 3 aromatic carbocycles. The Balaban J connectivity index is 0.00000253. The van der Waals surface area contributed by atoms with Gasteiger partial charge in [0, 0.05) is 51.9 Å². The minimum Gasteiger partial charge on any atom is -0.508 e. The molecule has 0 aromatic heterocycles. The van der Waals surface area contributed by atoms with E-state index >= 15 is 0 Å². The molecule has 0 bridgehead atoms. The van der Waals surface area contributed by atoms with E-state index in [1.54, 1.807) is 18.2 Å². The van der Waals surface area contributed by atoms with E-state index in [-0.39, 0.29) is 53.7 Å². The molecule has 3 aliphatic rings. The molecule has 3 heterocycles. The molecule has 0 aliphatic carbocycles. The van der Waals surface area contributed by atoms with Crippen molar-refractivity contribution in [2.75, 3.05) is 0 Å². The van der Waals surface area contributed by atoms with E-state index in [1.807, 2.05) is 54.6 Å². The predicted octanol–water partition coefficient (Wildman–Crippen LogP) is 3.58. The van der Waals surface area contributed by atoms with Crippen LogP contribution in [0.25, 0.3) is 0 Å². The Labute approximate surface area is 215 Å². The molecular formula is C27H30MnN4O3. The van der Waals surface area contributed by atoms with Crippen LogP contribution in [0.5, 0.6) is 17.2 Å². The zero-order chi connectivity index (χ0) is 23.2. The van der Waals surface area contributed by atoms with Crippen molar-refractivity contribution in [2.24, 2.45) is 0 Å². The van der Waals surface area contributed by atoms with Gasteiger partial charge in [0.05, 0.1) is 18.5 Å². The van der Waals surface area contributed by atoms with E-state index in [1.165, 1.54) is 0 Å². The molecule has 35 heavy (non-hydrogen) atoms. The fourth-order valence-corrected chi connectivity index (χ4v) is 5.57. The van der Waals surface area contributed by atoms with Crippen LogP contribution in [0, 0.1) is 0 Å². The predicted molar refractivity (Wildman–Crippen MR) is 129 cm³/mol. The third-order valence-corrected chi connectivity index (χ3v) is 7.57. The minimum atomic E-state index is 0. The molecule has 3 aliphatic heterocycles. The van der Waals surface area contributed by atoms with Crippen LogP contribution >= 0.6 is 0 Å². The summed E-state index contributed by atoms with van der Waals surface area (Å²) in [6.07, 6.45) is 3.18. The van der Waals surface area contributed by atoms with Crippen LogP contribution < -0.4 is 16.0 Å². The number of hydrogen-bond donors (Lipinski definition) is 6. The van der Waals surface area contributed by atoms with Crippen LogP contribution in [0.3, 0.4) is 0 Å². The Kier molecular flexibility index (Phi) is 6.77. The summed E-state index contributed by atoms with van der Waals surface area (Å²) in [6, 6.07) is 22.9. The molecule has 6 N–H and O–H groups in total. The van der Waals surface area contributed by atoms with Gasteiger partial charge in [-0.3, -0.25) is 20.9 Å². The van der Waals surface area contributed by atoms with Crippen LogP contribution in [0.4, 0.5) is 0 Å². The van der Waals surface area contributed by atoms with Crippen LogP contribution in [0.15, 0.2) is 72.8 Å². The van der Waals surface area contributed by atoms with Gasteiger partial charge in [-0.25, -0.2) is 0 Å². The van der Waals surface area contributed by atoms with Crippen molar-refractivity contribution in [3.8, 4) is 17.2 Å². The Morgan fingerprint density at radius 1 is 0.514 bits per heavy atom. The van der Waals surface area contributed by atoms with Crippen molar-refractivity contribution in [3.63, 3.8) is 0 Å². The van der Waals surface area contributed by atoms with Crippen molar-refractivity contribution in [3.05, 3.63) is 89.5 Å². The standard InChI is InChI=1S/C27H30N4O3.Mn/c32-22-10-4-1-7-16(22)19-13-25(28-19)31(26-14-20(29-26)17-8-2-5-11-23(17)33)27-15-21(30-27)18-9-3-6-12-24(18)34;/h1-12,19-21,25-30,32-34H,13-15H2;. The van der Waals surface area contributed by atoms with Crippen molar-refractivity contribution in [2.45, 2.75) is 55.9 Å². The van der Waals surface area contributed by atoms with Gasteiger partial charge in [0.25, 0.3) is 0 Å². The molecule has 0 saturated carbocycles. The van der Waals surface area contributed by atoms with Crippen molar-refractivity contribution in [1.29, 1.82) is 0 Å². The maximum Gasteiger partial charge on any atom is 0.120 e. The molecule has 3 saturated heterocycles. The number of benzene rings is 3. The summed E-state index contributed by atoms with van der Waals surface area (Å²) in [5.41, 5.74) is 2.79. The second-order valence-electron chi connectivity index (χ2n) is 9.54. The van der Waals surface area contributed by atoms with E-state index in [0.717, 1.165) is 36.0 Å². The molecule has 6 unspecified atom stereocenters. The fourth-order valence-electron chi connectivity index (χ4n) is 5.57. The summed E-state index contributed by atoms with van der Waals surface area (Å²) in [6.45, 7) is 0. The third-order valence-electron chi connectivity index (χ3n) is 7.57. The fraction of sp³-hybridized carbons (Fsp3) is 0.333. The van der Waals surface area contributed by atoms with Crippen LogP contribution in [0.2, 0.25) is 0 Å². The van der Waals surface area contributed by atoms with Gasteiger partial charge in [0.1, 0.15) is 17.2 Å². The summed E-state index contributed by atoms with van der Waals surface area (Å²) < 4.78 is 0. The van der Waals surface area contributed by atoms with Gasteiger partial charge in [-0.05, 0) is 37.5 Å². The van der Waals surface area contributed by atoms with Crippen LogP contribution in [-0.4, -0.2) is 38.7 Å². The number of phenols is 3. The van der Waals surface area contributed by atoms with Crippen LogP contribution in [0.1, 0.15) is 54.1 Å². The van der Waals surface area contributed by atoms with E-state index < -0.39 is 0 Å². The van der Waals surface area contributed by atoms with Gasteiger partial charge in [-0.1, -0.05) is 54.6 Å². The number of rotatable bonds is 6. The Morgan fingerprint density at radius 3 is 1.03 bits per heavy atom. The van der Waals surface area contributed by atoms with Crippen molar-refractivity contribution in [1.82, 2.24) is 20.9 Å². The monoisotopic (exact) mass is 513 g/mol. The first kappa shape index (κ1) is 24.1. The van der Waals surface area contributed by atoms with Crippen LogP contribution in [-0.2, 0) is 17.1 Å². The van der Waals surface area contributed by atoms with Crippen molar-refractivity contribution < 1.29 is 32.4 Å². The molecule has 3 aromatic rings. The molecule has 0 amide bonds. The smallest absolute Gasteiger partial charge is 0.120 e. The normalized spacial score (nSPS) is 29.4. The molecule has 8 heteroatoms. The SMILES string of the molecule is Oc1ccccc1C1CC(N(C2CC(c3ccccc3O)N2)C2CC(c3ccccc3O)N2)N1.[Mn]. The van der Waals surface area contributed by atoms with E-state index in [9.17, 15) is 15.3 Å². The molecule has 183 valence electrons. The molecule has 1 radical (unpaired) electrons. The molecule has 6 atom stereocenters. The Hall–Kier alpha value is -2.58. The van der Waals surface area contributed by atoms with E-state index in [4.69, 9.17) is 0 Å². The maximum absolute atomic E-state index is 10.3. The quantitative estimate of drug-likeness (QED) is 0.280. The summed E-state index contributed by atoms with van der Waals surface area (Å²) in [7, 11) is 0. The Morgan fingerprint density at radius 2 is 0.771 bits per heavy atom. The third kappa shape index (κ3) is 4.42. The molecule has 6 rings (SSSR count). The number of aromatic hydroxyl groups is 3. The number of phenolic OH excluding ortho intramolecular Hbond substituents is 3. The van der Waals surface area contributed by atoms with Crippen molar-refractivity contribution >= 4 is 0 Å². The van der Waals surface area contributed by atoms with E-state index in [2.05, 4.69) is 20.9 Å². The summed E-state index contributed by atoms with van der Waals surface area (Å²) >= 11 is 0. The second-order valence-corrected chi connectivity index (χ2v) is 9.54. The zero-order valence-corrected chi connectivity index (χ0v) is 20.4. The number of nitrogens with one attached hydrogen (secondary N) is 3. The summed E-state index contributed by atoms with van der Waals surface area (Å²) in [5, 5.41) is 41.7. The first-order valence-corrected chi connectivity index (χ1v) is 12.0. The zero-order valence-electron chi connectivity index (χ0n) is 19.2. The Bertz CT molecular complexity index is 1030. The number of nitrogens with zero attached hydrogens (tertiary/aromatic N) is 1. The minimum absolute atomic E-state index is 0. The first-order chi connectivity index (χ1) is 16.6. The largest absolute Gasteiger partial charge is 0.508 e. The topological polar surface area (TPSA) is 100 Å². The average molecular weight is 514 g/mol. The number of para-hydroxylation sites is 3. The van der Waals surface area contributed by atoms with Gasteiger partial charge < -0.3 is 15.3 Å². The molecular weight excluding hydrogens is 483 g/mol. The van der Waals surface area contributed by atoms with E-state index in [0.29, 0.717) is 17.2 Å². The first-order valence-electron chi connectivity index (χ1n) is 12.0. The molecule has 3 fully saturated rings. The second kappa shape index (κ2) is 9.82. The van der Waals surface area contributed by atoms with Gasteiger partial charge in [-0.2, -0.15) is 0 Å². The van der Waals surface area contributed by atoms with Gasteiger partial charge in [-0.15, -0.1) is 0 Å². The summed E-state index contributed by atoms with van der Waals surface area (Å²) in [5.74, 6) is 0.980. The van der Waals surface area contributed by atoms with Gasteiger partial charge in [0.2, 0.25) is 0 Å². The summed E-state index contributed by atoms with van der Waals surface area (Å²) in [4.78, 5) is 2.45. The number of hydrogen-bond acceptors (Lipinski definition) is 7. The average Bonchev–Trinajstić information content (AvgIpc) is 2.74. The maximum atomic E-state index is 10.3. The molecule has 7 nitrogen and oxygen atoms in total.